The van der Waals surface area contributed by atoms with Gasteiger partial charge in [0.05, 0.1) is 32.1 Å². The van der Waals surface area contributed by atoms with Crippen LogP contribution >= 0.6 is 11.8 Å². The summed E-state index contributed by atoms with van der Waals surface area (Å²) in [5, 5.41) is 16.0. The number of nitriles is 1. The van der Waals surface area contributed by atoms with E-state index in [-0.39, 0.29) is 23.3 Å². The van der Waals surface area contributed by atoms with Crippen LogP contribution in [0.25, 0.3) is 22.4 Å². The van der Waals surface area contributed by atoms with Crippen LogP contribution in [0, 0.1) is 17.2 Å². The lowest BCUT2D eigenvalue weighted by Gasteiger charge is -2.20. The van der Waals surface area contributed by atoms with Gasteiger partial charge in [-0.05, 0) is 54.5 Å². The standard InChI is InChI=1S/C42H49N5O6S/c43-29-37-38(34-19-17-33(18-20-34)32-9-3-1-4-10-32)46-42(47-41(37)50)54-30-31-13-15-36(16-14-31)40(49)45-22-8-24-52-26-28-53-27-25-51-23-7-21-44-39(48)35-11-5-2-6-12-35/h1,3-4,9-10,13-20,35H,2,5-8,11-12,21-28,30H2,(H,44,48)(H,45,49)(H,46,47,50). The number of nitrogens with one attached hydrogen (secondary N) is 3. The molecule has 3 aromatic carbocycles. The van der Waals surface area contributed by atoms with Crippen molar-refractivity contribution in [3.8, 4) is 28.5 Å². The van der Waals surface area contributed by atoms with Crippen LogP contribution in [0.2, 0.25) is 0 Å². The summed E-state index contributed by atoms with van der Waals surface area (Å²) in [5.74, 6) is 0.734. The first kappa shape index (κ1) is 40.4. The number of nitrogens with zero attached hydrogens (tertiary/aromatic N) is 2. The number of aromatic amines is 1. The van der Waals surface area contributed by atoms with Gasteiger partial charge in [-0.25, -0.2) is 4.98 Å². The lowest BCUT2D eigenvalue weighted by atomic mass is 9.89. The van der Waals surface area contributed by atoms with Gasteiger partial charge in [0.25, 0.3) is 11.5 Å². The number of carbonyl (C=O) groups excluding carboxylic acids is 2. The average Bonchev–Trinajstić information content (AvgIpc) is 3.22. The van der Waals surface area contributed by atoms with E-state index >= 15 is 0 Å². The number of thioether (sulfide) groups is 1. The smallest absolute Gasteiger partial charge is 0.270 e. The van der Waals surface area contributed by atoms with Crippen molar-refractivity contribution in [3.05, 3.63) is 106 Å². The Bertz CT molecular complexity index is 1860. The Kier molecular flexibility index (Phi) is 16.8. The van der Waals surface area contributed by atoms with E-state index in [1.54, 1.807) is 12.1 Å². The van der Waals surface area contributed by atoms with Crippen molar-refractivity contribution in [1.82, 2.24) is 20.6 Å². The molecule has 0 bridgehead atoms. The Labute approximate surface area is 321 Å². The van der Waals surface area contributed by atoms with E-state index in [9.17, 15) is 19.6 Å². The maximum atomic E-state index is 12.8. The number of carbonyl (C=O) groups is 2. The molecular weight excluding hydrogens is 703 g/mol. The minimum absolute atomic E-state index is 0.0277. The minimum atomic E-state index is -0.482. The molecule has 0 saturated heterocycles. The molecule has 0 radical (unpaired) electrons. The van der Waals surface area contributed by atoms with Crippen molar-refractivity contribution >= 4 is 23.6 Å². The van der Waals surface area contributed by atoms with Gasteiger partial charge < -0.3 is 29.8 Å². The predicted molar refractivity (Wildman–Crippen MR) is 210 cm³/mol. The van der Waals surface area contributed by atoms with E-state index in [0.29, 0.717) is 86.9 Å². The molecule has 11 nitrogen and oxygen atoms in total. The first-order valence-electron chi connectivity index (χ1n) is 18.7. The van der Waals surface area contributed by atoms with Gasteiger partial charge in [-0.3, -0.25) is 14.4 Å². The zero-order valence-electron chi connectivity index (χ0n) is 30.6. The lowest BCUT2D eigenvalue weighted by Crippen LogP contribution is -2.33. The van der Waals surface area contributed by atoms with Crippen molar-refractivity contribution in [2.45, 2.75) is 55.9 Å². The van der Waals surface area contributed by atoms with E-state index in [0.717, 1.165) is 48.8 Å². The Morgan fingerprint density at radius 3 is 2.00 bits per heavy atom. The summed E-state index contributed by atoms with van der Waals surface area (Å²) in [7, 11) is 0. The van der Waals surface area contributed by atoms with Gasteiger partial charge in [0.15, 0.2) is 5.16 Å². The highest BCUT2D eigenvalue weighted by Crippen LogP contribution is 2.27. The van der Waals surface area contributed by atoms with Crippen LogP contribution in [0.1, 0.15) is 66.4 Å². The molecule has 1 aromatic heterocycles. The number of aromatic nitrogens is 2. The molecule has 54 heavy (non-hydrogen) atoms. The van der Waals surface area contributed by atoms with Gasteiger partial charge >= 0.3 is 0 Å². The first-order valence-corrected chi connectivity index (χ1v) is 19.7. The fraction of sp³-hybridized carbons (Fsp3) is 0.405. The summed E-state index contributed by atoms with van der Waals surface area (Å²) in [4.78, 5) is 44.9. The van der Waals surface area contributed by atoms with Crippen LogP contribution in [0.5, 0.6) is 0 Å². The SMILES string of the molecule is N#Cc1c(-c2ccc(-c3ccccc3)cc2)nc(SCc2ccc(C(=O)NCCCOCCOCCOCCCNC(=O)C3CCCCC3)cc2)[nH]c1=O. The second-order valence-corrected chi connectivity index (χ2v) is 14.0. The molecule has 1 heterocycles. The Balaban J connectivity index is 0.920. The van der Waals surface area contributed by atoms with Crippen LogP contribution in [0.3, 0.4) is 0 Å². The molecule has 12 heteroatoms. The van der Waals surface area contributed by atoms with Crippen LogP contribution < -0.4 is 16.2 Å². The monoisotopic (exact) mass is 751 g/mol. The van der Waals surface area contributed by atoms with E-state index in [2.05, 4.69) is 20.6 Å². The number of hydrogen-bond acceptors (Lipinski definition) is 9. The molecule has 0 aliphatic heterocycles. The summed E-state index contributed by atoms with van der Waals surface area (Å²) < 4.78 is 16.7. The van der Waals surface area contributed by atoms with Crippen LogP contribution in [-0.4, -0.2) is 74.5 Å². The second kappa shape index (κ2) is 22.4. The van der Waals surface area contributed by atoms with Crippen LogP contribution in [-0.2, 0) is 24.8 Å². The highest BCUT2D eigenvalue weighted by atomic mass is 32.2. The summed E-state index contributed by atoms with van der Waals surface area (Å²) in [6.07, 6.45) is 7.06. The van der Waals surface area contributed by atoms with Crippen molar-refractivity contribution in [1.29, 1.82) is 5.26 Å². The third kappa shape index (κ3) is 13.0. The number of amides is 2. The summed E-state index contributed by atoms with van der Waals surface area (Å²) in [6, 6.07) is 26.9. The largest absolute Gasteiger partial charge is 0.379 e. The van der Waals surface area contributed by atoms with Gasteiger partial charge in [-0.2, -0.15) is 5.26 Å². The third-order valence-corrected chi connectivity index (χ3v) is 10.0. The van der Waals surface area contributed by atoms with Gasteiger partial charge in [0.1, 0.15) is 11.6 Å². The highest BCUT2D eigenvalue weighted by Gasteiger charge is 2.20. The molecule has 1 aliphatic rings. The topological polar surface area (TPSA) is 155 Å². The van der Waals surface area contributed by atoms with Crippen molar-refractivity contribution in [2.75, 3.05) is 52.7 Å². The van der Waals surface area contributed by atoms with Gasteiger partial charge in [0.2, 0.25) is 5.91 Å². The molecule has 5 rings (SSSR count). The van der Waals surface area contributed by atoms with Gasteiger partial charge in [0, 0.05) is 49.1 Å². The van der Waals surface area contributed by atoms with E-state index in [4.69, 9.17) is 14.2 Å². The molecule has 0 atom stereocenters. The fourth-order valence-corrected chi connectivity index (χ4v) is 6.92. The number of hydrogen-bond donors (Lipinski definition) is 3. The first-order chi connectivity index (χ1) is 26.5. The number of rotatable bonds is 21. The van der Waals surface area contributed by atoms with Crippen LogP contribution in [0.15, 0.2) is 88.8 Å². The molecule has 1 aliphatic carbocycles. The number of H-pyrrole nitrogens is 1. The normalized spacial score (nSPS) is 12.9. The zero-order chi connectivity index (χ0) is 37.8. The van der Waals surface area contributed by atoms with E-state index < -0.39 is 5.56 Å². The van der Waals surface area contributed by atoms with Gasteiger partial charge in [-0.15, -0.1) is 0 Å². The molecule has 1 fully saturated rings. The maximum Gasteiger partial charge on any atom is 0.270 e. The molecular formula is C42H49N5O6S. The number of ether oxygens (including phenoxy) is 3. The summed E-state index contributed by atoms with van der Waals surface area (Å²) >= 11 is 1.35. The highest BCUT2D eigenvalue weighted by molar-refractivity contribution is 7.98. The average molecular weight is 752 g/mol. The zero-order valence-corrected chi connectivity index (χ0v) is 31.5. The molecule has 0 unspecified atom stereocenters. The predicted octanol–water partition coefficient (Wildman–Crippen LogP) is 6.52. The minimum Gasteiger partial charge on any atom is -0.379 e. The summed E-state index contributed by atoms with van der Waals surface area (Å²) in [5.41, 5.74) is 4.13. The third-order valence-electron chi connectivity index (χ3n) is 9.10. The van der Waals surface area contributed by atoms with Crippen molar-refractivity contribution < 1.29 is 23.8 Å². The lowest BCUT2D eigenvalue weighted by molar-refractivity contribution is -0.125. The molecule has 0 spiro atoms. The molecule has 284 valence electrons. The van der Waals surface area contributed by atoms with Crippen molar-refractivity contribution in [2.24, 2.45) is 5.92 Å². The quantitative estimate of drug-likeness (QED) is 0.0490. The van der Waals surface area contributed by atoms with E-state index in [1.165, 1.54) is 18.2 Å². The van der Waals surface area contributed by atoms with E-state index in [1.807, 2.05) is 72.8 Å². The molecule has 3 N–H and O–H groups in total. The van der Waals surface area contributed by atoms with Crippen molar-refractivity contribution in [3.63, 3.8) is 0 Å². The summed E-state index contributed by atoms with van der Waals surface area (Å²) in [6.45, 7) is 4.17. The Morgan fingerprint density at radius 1 is 0.759 bits per heavy atom. The Morgan fingerprint density at radius 2 is 1.35 bits per heavy atom. The van der Waals surface area contributed by atoms with Gasteiger partial charge in [-0.1, -0.05) is 97.8 Å². The van der Waals surface area contributed by atoms with Crippen LogP contribution in [0.4, 0.5) is 0 Å². The Hall–Kier alpha value is -4.80. The molecule has 1 saturated carbocycles. The molecule has 2 amide bonds. The second-order valence-electron chi connectivity index (χ2n) is 13.1. The number of benzene rings is 3. The maximum absolute atomic E-state index is 12.8. The molecule has 4 aromatic rings. The fourth-order valence-electron chi connectivity index (χ4n) is 6.10.